The highest BCUT2D eigenvalue weighted by molar-refractivity contribution is 5.94. The number of halogens is 3. The number of nitrogens with one attached hydrogen (secondary N) is 1. The van der Waals surface area contributed by atoms with E-state index in [1.54, 1.807) is 24.3 Å². The predicted molar refractivity (Wildman–Crippen MR) is 108 cm³/mol. The lowest BCUT2D eigenvalue weighted by Gasteiger charge is -2.14. The Morgan fingerprint density at radius 1 is 0.903 bits per heavy atom. The zero-order chi connectivity index (χ0) is 22.3. The number of rotatable bonds is 8. The highest BCUT2D eigenvalue weighted by atomic mass is 19.4. The quantitative estimate of drug-likeness (QED) is 0.546. The maximum Gasteiger partial charge on any atom is 0.573 e. The minimum atomic E-state index is -4.78. The van der Waals surface area contributed by atoms with Gasteiger partial charge in [0, 0.05) is 12.1 Å². The van der Waals surface area contributed by atoms with Crippen LogP contribution in [0.5, 0.6) is 11.5 Å². The van der Waals surface area contributed by atoms with Crippen LogP contribution in [0.2, 0.25) is 0 Å². The maximum absolute atomic E-state index is 12.3. The number of alkyl halides is 3. The first-order valence-electron chi connectivity index (χ1n) is 9.39. The van der Waals surface area contributed by atoms with E-state index in [2.05, 4.69) is 10.1 Å². The van der Waals surface area contributed by atoms with E-state index in [9.17, 15) is 23.1 Å². The Balaban J connectivity index is 1.48. The molecule has 0 spiro atoms. The first kappa shape index (κ1) is 22.2. The van der Waals surface area contributed by atoms with Gasteiger partial charge in [0.1, 0.15) is 18.1 Å². The lowest BCUT2D eigenvalue weighted by Crippen LogP contribution is -2.28. The monoisotopic (exact) mass is 431 g/mol. The Kier molecular flexibility index (Phi) is 7.15. The van der Waals surface area contributed by atoms with Gasteiger partial charge in [0.25, 0.3) is 5.91 Å². The van der Waals surface area contributed by atoms with Crippen LogP contribution in [0.4, 0.5) is 13.2 Å². The molecule has 162 valence electrons. The topological polar surface area (TPSA) is 67.8 Å². The number of aliphatic hydroxyl groups is 1. The predicted octanol–water partition coefficient (Wildman–Crippen LogP) is 4.63. The van der Waals surface area contributed by atoms with Crippen LogP contribution in [0.3, 0.4) is 0 Å². The van der Waals surface area contributed by atoms with Crippen molar-refractivity contribution in [2.45, 2.75) is 19.1 Å². The Morgan fingerprint density at radius 3 is 2.13 bits per heavy atom. The van der Waals surface area contributed by atoms with Gasteiger partial charge >= 0.3 is 6.36 Å². The van der Waals surface area contributed by atoms with E-state index in [4.69, 9.17) is 4.74 Å². The molecule has 3 aromatic rings. The van der Waals surface area contributed by atoms with Crippen molar-refractivity contribution in [3.63, 3.8) is 0 Å². The number of carbonyl (C=O) groups is 1. The summed E-state index contributed by atoms with van der Waals surface area (Å²) in [5.74, 6) is -0.172. The lowest BCUT2D eigenvalue weighted by molar-refractivity contribution is -0.274. The van der Waals surface area contributed by atoms with Gasteiger partial charge in [-0.1, -0.05) is 42.5 Å². The summed E-state index contributed by atoms with van der Waals surface area (Å²) in [5.41, 5.74) is 1.75. The van der Waals surface area contributed by atoms with Crippen molar-refractivity contribution >= 4 is 5.91 Å². The fourth-order valence-corrected chi connectivity index (χ4v) is 2.74. The second-order valence-electron chi connectivity index (χ2n) is 6.64. The summed E-state index contributed by atoms with van der Waals surface area (Å²) in [7, 11) is 0. The Labute approximate surface area is 177 Å². The standard InChI is InChI=1S/C23H20F3NO4/c24-23(25,26)31-20-12-6-17(7-13-20)21(28)14-27-22(29)18-8-10-19(11-9-18)30-15-16-4-2-1-3-5-16/h1-13,21,28H,14-15H2,(H,27,29). The van der Waals surface area contributed by atoms with E-state index in [1.807, 2.05) is 30.3 Å². The van der Waals surface area contributed by atoms with Crippen molar-refractivity contribution in [3.8, 4) is 11.5 Å². The number of ether oxygens (including phenoxy) is 2. The molecule has 0 fully saturated rings. The van der Waals surface area contributed by atoms with E-state index in [0.717, 1.165) is 17.7 Å². The van der Waals surface area contributed by atoms with Gasteiger partial charge < -0.3 is 19.9 Å². The van der Waals surface area contributed by atoms with Crippen LogP contribution in [-0.2, 0) is 6.61 Å². The van der Waals surface area contributed by atoms with Crippen LogP contribution < -0.4 is 14.8 Å². The second-order valence-corrected chi connectivity index (χ2v) is 6.64. The van der Waals surface area contributed by atoms with Crippen molar-refractivity contribution < 1.29 is 32.5 Å². The van der Waals surface area contributed by atoms with Gasteiger partial charge in [0.05, 0.1) is 6.10 Å². The molecule has 3 rings (SSSR count). The molecule has 0 bridgehead atoms. The molecule has 1 unspecified atom stereocenters. The molecule has 0 saturated heterocycles. The zero-order valence-corrected chi connectivity index (χ0v) is 16.3. The van der Waals surface area contributed by atoms with Crippen molar-refractivity contribution in [2.75, 3.05) is 6.54 Å². The molecule has 0 aliphatic heterocycles. The SMILES string of the molecule is O=C(NCC(O)c1ccc(OC(F)(F)F)cc1)c1ccc(OCc2ccccc2)cc1. The second kappa shape index (κ2) is 9.99. The highest BCUT2D eigenvalue weighted by Gasteiger charge is 2.31. The smallest absolute Gasteiger partial charge is 0.489 e. The number of aliphatic hydroxyl groups excluding tert-OH is 1. The molecule has 31 heavy (non-hydrogen) atoms. The van der Waals surface area contributed by atoms with E-state index < -0.39 is 18.4 Å². The molecule has 0 saturated carbocycles. The van der Waals surface area contributed by atoms with Gasteiger partial charge in [0.2, 0.25) is 0 Å². The van der Waals surface area contributed by atoms with Gasteiger partial charge in [-0.15, -0.1) is 13.2 Å². The number of carbonyl (C=O) groups excluding carboxylic acids is 1. The molecule has 0 aromatic heterocycles. The molecule has 5 nitrogen and oxygen atoms in total. The fourth-order valence-electron chi connectivity index (χ4n) is 2.74. The van der Waals surface area contributed by atoms with E-state index >= 15 is 0 Å². The van der Waals surface area contributed by atoms with E-state index in [-0.39, 0.29) is 12.3 Å². The summed E-state index contributed by atoms with van der Waals surface area (Å²) >= 11 is 0. The normalized spacial score (nSPS) is 12.1. The zero-order valence-electron chi connectivity index (χ0n) is 16.3. The van der Waals surface area contributed by atoms with Crippen molar-refractivity contribution in [2.24, 2.45) is 0 Å². The Bertz CT molecular complexity index is 974. The molecule has 8 heteroatoms. The first-order chi connectivity index (χ1) is 14.8. The summed E-state index contributed by atoms with van der Waals surface area (Å²) in [6.45, 7) is 0.302. The van der Waals surface area contributed by atoms with Gasteiger partial charge in [-0.25, -0.2) is 0 Å². The highest BCUT2D eigenvalue weighted by Crippen LogP contribution is 2.24. The summed E-state index contributed by atoms with van der Waals surface area (Å²) in [4.78, 5) is 12.3. The molecular formula is C23H20F3NO4. The Morgan fingerprint density at radius 2 is 1.52 bits per heavy atom. The molecule has 3 aromatic carbocycles. The number of amides is 1. The molecule has 1 atom stereocenters. The van der Waals surface area contributed by atoms with Crippen LogP contribution in [0.15, 0.2) is 78.9 Å². The molecule has 0 radical (unpaired) electrons. The average molecular weight is 431 g/mol. The molecular weight excluding hydrogens is 411 g/mol. The Hall–Kier alpha value is -3.52. The molecule has 0 heterocycles. The van der Waals surface area contributed by atoms with Crippen LogP contribution in [0.1, 0.15) is 27.6 Å². The van der Waals surface area contributed by atoms with E-state index in [1.165, 1.54) is 12.1 Å². The molecule has 0 aliphatic rings. The third-order valence-corrected chi connectivity index (χ3v) is 4.32. The van der Waals surface area contributed by atoms with Crippen LogP contribution in [-0.4, -0.2) is 23.9 Å². The van der Waals surface area contributed by atoms with Crippen molar-refractivity contribution in [3.05, 3.63) is 95.6 Å². The lowest BCUT2D eigenvalue weighted by atomic mass is 10.1. The first-order valence-corrected chi connectivity index (χ1v) is 9.39. The van der Waals surface area contributed by atoms with Gasteiger partial charge in [-0.3, -0.25) is 4.79 Å². The minimum Gasteiger partial charge on any atom is -0.489 e. The maximum atomic E-state index is 12.3. The third kappa shape index (κ3) is 7.04. The van der Waals surface area contributed by atoms with Gasteiger partial charge in [0.15, 0.2) is 0 Å². The van der Waals surface area contributed by atoms with E-state index in [0.29, 0.717) is 23.5 Å². The van der Waals surface area contributed by atoms with Gasteiger partial charge in [-0.05, 0) is 47.5 Å². The third-order valence-electron chi connectivity index (χ3n) is 4.32. The summed E-state index contributed by atoms with van der Waals surface area (Å²) in [5, 5.41) is 12.8. The molecule has 2 N–H and O–H groups in total. The summed E-state index contributed by atoms with van der Waals surface area (Å²) in [6.07, 6.45) is -5.87. The van der Waals surface area contributed by atoms with Crippen LogP contribution >= 0.6 is 0 Å². The summed E-state index contributed by atoms with van der Waals surface area (Å²) in [6, 6.07) is 21.0. The van der Waals surface area contributed by atoms with Crippen LogP contribution in [0.25, 0.3) is 0 Å². The van der Waals surface area contributed by atoms with Crippen LogP contribution in [0, 0.1) is 0 Å². The van der Waals surface area contributed by atoms with Crippen molar-refractivity contribution in [1.82, 2.24) is 5.32 Å². The van der Waals surface area contributed by atoms with Crippen molar-refractivity contribution in [1.29, 1.82) is 0 Å². The fraction of sp³-hybridized carbons (Fsp3) is 0.174. The molecule has 0 aliphatic carbocycles. The number of hydrogen-bond donors (Lipinski definition) is 2. The molecule has 1 amide bonds. The average Bonchev–Trinajstić information content (AvgIpc) is 2.76. The largest absolute Gasteiger partial charge is 0.573 e. The minimum absolute atomic E-state index is 0.107. The number of hydrogen-bond acceptors (Lipinski definition) is 4. The summed E-state index contributed by atoms with van der Waals surface area (Å²) < 4.78 is 46.0. The number of benzene rings is 3. The van der Waals surface area contributed by atoms with Gasteiger partial charge in [-0.2, -0.15) is 0 Å².